The minimum absolute atomic E-state index is 0.309. The number of esters is 1. The first-order valence-corrected chi connectivity index (χ1v) is 8.37. The molecule has 23 heavy (non-hydrogen) atoms. The SMILES string of the molecule is COC(=O)c1ccc2cnc(CC3CCN(C(C)C)CC3)n2c1. The number of likely N-dealkylation sites (tertiary alicyclic amines) is 1. The van der Waals surface area contributed by atoms with Gasteiger partial charge in [-0.25, -0.2) is 9.78 Å². The molecule has 2 aromatic rings. The lowest BCUT2D eigenvalue weighted by Crippen LogP contribution is -2.39. The summed E-state index contributed by atoms with van der Waals surface area (Å²) in [5.74, 6) is 1.39. The third-order valence-electron chi connectivity index (χ3n) is 4.88. The zero-order valence-electron chi connectivity index (χ0n) is 14.2. The van der Waals surface area contributed by atoms with Gasteiger partial charge in [0, 0.05) is 18.7 Å². The van der Waals surface area contributed by atoms with Gasteiger partial charge in [0.15, 0.2) is 0 Å². The normalized spacial score (nSPS) is 17.0. The number of carbonyl (C=O) groups is 1. The smallest absolute Gasteiger partial charge is 0.339 e. The highest BCUT2D eigenvalue weighted by atomic mass is 16.5. The molecule has 5 heteroatoms. The van der Waals surface area contributed by atoms with Crippen molar-refractivity contribution in [2.75, 3.05) is 20.2 Å². The van der Waals surface area contributed by atoms with Crippen LogP contribution in [0.1, 0.15) is 42.9 Å². The van der Waals surface area contributed by atoms with Crippen LogP contribution in [-0.4, -0.2) is 46.5 Å². The van der Waals surface area contributed by atoms with Crippen LogP contribution in [0.3, 0.4) is 0 Å². The summed E-state index contributed by atoms with van der Waals surface area (Å²) in [5.41, 5.74) is 1.58. The number of piperidine rings is 1. The summed E-state index contributed by atoms with van der Waals surface area (Å²) in [4.78, 5) is 18.8. The molecule has 0 radical (unpaired) electrons. The summed E-state index contributed by atoms with van der Waals surface area (Å²) in [5, 5.41) is 0. The van der Waals surface area contributed by atoms with Crippen molar-refractivity contribution in [2.24, 2.45) is 5.92 Å². The van der Waals surface area contributed by atoms with Crippen molar-refractivity contribution >= 4 is 11.5 Å². The molecule has 5 nitrogen and oxygen atoms in total. The number of ether oxygens (including phenoxy) is 1. The van der Waals surface area contributed by atoms with Crippen molar-refractivity contribution < 1.29 is 9.53 Å². The largest absolute Gasteiger partial charge is 0.465 e. The summed E-state index contributed by atoms with van der Waals surface area (Å²) in [7, 11) is 1.41. The number of rotatable bonds is 4. The van der Waals surface area contributed by atoms with E-state index in [1.165, 1.54) is 33.0 Å². The van der Waals surface area contributed by atoms with Crippen molar-refractivity contribution in [1.29, 1.82) is 0 Å². The van der Waals surface area contributed by atoms with Crippen LogP contribution in [0.5, 0.6) is 0 Å². The molecule has 0 atom stereocenters. The molecule has 3 heterocycles. The van der Waals surface area contributed by atoms with Gasteiger partial charge in [-0.15, -0.1) is 0 Å². The molecule has 1 aliphatic heterocycles. The van der Waals surface area contributed by atoms with Crippen molar-refractivity contribution in [3.05, 3.63) is 35.9 Å². The monoisotopic (exact) mass is 315 g/mol. The fraction of sp³-hybridized carbons (Fsp3) is 0.556. The fourth-order valence-corrected chi connectivity index (χ4v) is 3.37. The summed E-state index contributed by atoms with van der Waals surface area (Å²) in [6, 6.07) is 4.34. The number of aromatic nitrogens is 2. The van der Waals surface area contributed by atoms with E-state index in [0.29, 0.717) is 17.5 Å². The summed E-state index contributed by atoms with van der Waals surface area (Å²) in [6.45, 7) is 6.85. The Morgan fingerprint density at radius 2 is 2.09 bits per heavy atom. The number of fused-ring (bicyclic) bond motifs is 1. The third kappa shape index (κ3) is 3.39. The van der Waals surface area contributed by atoms with E-state index in [9.17, 15) is 4.79 Å². The van der Waals surface area contributed by atoms with Gasteiger partial charge in [-0.05, 0) is 57.8 Å². The van der Waals surface area contributed by atoms with Crippen LogP contribution >= 0.6 is 0 Å². The number of hydrogen-bond acceptors (Lipinski definition) is 4. The van der Waals surface area contributed by atoms with Crippen LogP contribution < -0.4 is 0 Å². The average molecular weight is 315 g/mol. The van der Waals surface area contributed by atoms with Crippen molar-refractivity contribution in [1.82, 2.24) is 14.3 Å². The molecule has 0 N–H and O–H groups in total. The number of imidazole rings is 1. The Morgan fingerprint density at radius 3 is 2.74 bits per heavy atom. The minimum atomic E-state index is -0.309. The molecule has 0 unspecified atom stereocenters. The van der Waals surface area contributed by atoms with Gasteiger partial charge in [-0.3, -0.25) is 0 Å². The van der Waals surface area contributed by atoms with Crippen molar-refractivity contribution in [3.63, 3.8) is 0 Å². The second-order valence-electron chi connectivity index (χ2n) is 6.66. The number of pyridine rings is 1. The molecule has 1 saturated heterocycles. The van der Waals surface area contributed by atoms with Crippen LogP contribution in [0.2, 0.25) is 0 Å². The van der Waals surface area contributed by atoms with Gasteiger partial charge in [0.1, 0.15) is 5.82 Å². The maximum Gasteiger partial charge on any atom is 0.339 e. The van der Waals surface area contributed by atoms with Crippen LogP contribution in [-0.2, 0) is 11.2 Å². The number of carbonyl (C=O) groups excluding carboxylic acids is 1. The molecule has 1 aliphatic rings. The van der Waals surface area contributed by atoms with E-state index in [-0.39, 0.29) is 5.97 Å². The van der Waals surface area contributed by atoms with Gasteiger partial charge in [0.05, 0.1) is 24.4 Å². The second-order valence-corrected chi connectivity index (χ2v) is 6.66. The standard InChI is InChI=1S/C18H25N3O2/c1-13(2)20-8-6-14(7-9-20)10-17-19-11-16-5-4-15(12-21(16)17)18(22)23-3/h4-5,11-14H,6-10H2,1-3H3. The lowest BCUT2D eigenvalue weighted by atomic mass is 9.92. The van der Waals surface area contributed by atoms with Crippen LogP contribution in [0, 0.1) is 5.92 Å². The van der Waals surface area contributed by atoms with E-state index in [0.717, 1.165) is 17.8 Å². The maximum absolute atomic E-state index is 11.7. The van der Waals surface area contributed by atoms with E-state index < -0.39 is 0 Å². The number of methoxy groups -OCH3 is 1. The average Bonchev–Trinajstić information content (AvgIpc) is 2.97. The van der Waals surface area contributed by atoms with E-state index >= 15 is 0 Å². The van der Waals surface area contributed by atoms with Crippen LogP contribution in [0.15, 0.2) is 24.5 Å². The van der Waals surface area contributed by atoms with Gasteiger partial charge < -0.3 is 14.0 Å². The molecule has 0 bridgehead atoms. The van der Waals surface area contributed by atoms with E-state index in [2.05, 4.69) is 23.7 Å². The summed E-state index contributed by atoms with van der Waals surface area (Å²) >= 11 is 0. The predicted octanol–water partition coefficient (Wildman–Crippen LogP) is 2.78. The van der Waals surface area contributed by atoms with Gasteiger partial charge >= 0.3 is 5.97 Å². The minimum Gasteiger partial charge on any atom is -0.465 e. The zero-order chi connectivity index (χ0) is 16.4. The first-order valence-electron chi connectivity index (χ1n) is 8.37. The Balaban J connectivity index is 1.74. The number of nitrogens with zero attached hydrogens (tertiary/aromatic N) is 3. The molecule has 0 aliphatic carbocycles. The van der Waals surface area contributed by atoms with Gasteiger partial charge in [0.25, 0.3) is 0 Å². The highest BCUT2D eigenvalue weighted by Crippen LogP contribution is 2.23. The van der Waals surface area contributed by atoms with Crippen LogP contribution in [0.4, 0.5) is 0 Å². The molecule has 2 aromatic heterocycles. The second kappa shape index (κ2) is 6.71. The van der Waals surface area contributed by atoms with Crippen molar-refractivity contribution in [3.8, 4) is 0 Å². The molecule has 0 saturated carbocycles. The zero-order valence-corrected chi connectivity index (χ0v) is 14.2. The first-order chi connectivity index (χ1) is 11.1. The third-order valence-corrected chi connectivity index (χ3v) is 4.88. The van der Waals surface area contributed by atoms with E-state index in [1.54, 1.807) is 6.07 Å². The summed E-state index contributed by atoms with van der Waals surface area (Å²) < 4.78 is 6.84. The highest BCUT2D eigenvalue weighted by molar-refractivity contribution is 5.89. The molecule has 3 rings (SSSR count). The van der Waals surface area contributed by atoms with E-state index in [4.69, 9.17) is 4.74 Å². The Hall–Kier alpha value is -1.88. The molecule has 124 valence electrons. The van der Waals surface area contributed by atoms with Gasteiger partial charge in [0.2, 0.25) is 0 Å². The molecule has 1 fully saturated rings. The topological polar surface area (TPSA) is 46.8 Å². The fourth-order valence-electron chi connectivity index (χ4n) is 3.37. The van der Waals surface area contributed by atoms with Gasteiger partial charge in [-0.1, -0.05) is 0 Å². The number of hydrogen-bond donors (Lipinski definition) is 0. The maximum atomic E-state index is 11.7. The first kappa shape index (κ1) is 16.0. The highest BCUT2D eigenvalue weighted by Gasteiger charge is 2.22. The molecular formula is C18H25N3O2. The van der Waals surface area contributed by atoms with Gasteiger partial charge in [-0.2, -0.15) is 0 Å². The Kier molecular flexibility index (Phi) is 4.66. The lowest BCUT2D eigenvalue weighted by Gasteiger charge is -2.34. The summed E-state index contributed by atoms with van der Waals surface area (Å²) in [6.07, 6.45) is 7.10. The van der Waals surface area contributed by atoms with Crippen LogP contribution in [0.25, 0.3) is 5.52 Å². The van der Waals surface area contributed by atoms with Crippen molar-refractivity contribution in [2.45, 2.75) is 39.2 Å². The molecule has 0 aromatic carbocycles. The molecule has 0 amide bonds. The Morgan fingerprint density at radius 1 is 1.35 bits per heavy atom. The molecular weight excluding hydrogens is 290 g/mol. The Labute approximate surface area is 137 Å². The Bertz CT molecular complexity index is 685. The molecule has 0 spiro atoms. The van der Waals surface area contributed by atoms with E-state index in [1.807, 2.05) is 22.9 Å². The lowest BCUT2D eigenvalue weighted by molar-refractivity contribution is 0.0600. The predicted molar refractivity (Wildman–Crippen MR) is 89.7 cm³/mol. The quantitative estimate of drug-likeness (QED) is 0.814.